The van der Waals surface area contributed by atoms with Gasteiger partial charge in [0.2, 0.25) is 0 Å². The maximum atomic E-state index is 12.5. The molecule has 0 aliphatic heterocycles. The second-order valence-electron chi connectivity index (χ2n) is 6.03. The number of benzene rings is 3. The van der Waals surface area contributed by atoms with Crippen LogP contribution >= 0.6 is 34.5 Å². The molecule has 1 aromatic heterocycles. The minimum absolute atomic E-state index is 0.252. The van der Waals surface area contributed by atoms with E-state index in [1.165, 1.54) is 11.3 Å². The molecule has 0 atom stereocenters. The SMILES string of the molecule is O=C(Nc1cccc(-c2csc(-c3ccccc3Cl)n2)c1)c1ccccc1Cl. The van der Waals surface area contributed by atoms with Crippen LogP contribution in [0.5, 0.6) is 0 Å². The predicted octanol–water partition coefficient (Wildman–Crippen LogP) is 7.04. The second kappa shape index (κ2) is 8.15. The van der Waals surface area contributed by atoms with E-state index in [1.54, 1.807) is 24.3 Å². The van der Waals surface area contributed by atoms with Gasteiger partial charge in [-0.25, -0.2) is 4.98 Å². The summed E-state index contributed by atoms with van der Waals surface area (Å²) in [6.45, 7) is 0. The number of amides is 1. The van der Waals surface area contributed by atoms with Crippen LogP contribution in [0.25, 0.3) is 21.8 Å². The number of thiazole rings is 1. The normalized spacial score (nSPS) is 10.6. The molecule has 4 aromatic rings. The monoisotopic (exact) mass is 424 g/mol. The number of halogens is 2. The van der Waals surface area contributed by atoms with Crippen molar-refractivity contribution in [3.63, 3.8) is 0 Å². The van der Waals surface area contributed by atoms with Crippen molar-refractivity contribution < 1.29 is 4.79 Å². The Labute approximate surface area is 176 Å². The van der Waals surface area contributed by atoms with Crippen LogP contribution < -0.4 is 5.32 Å². The quantitative estimate of drug-likeness (QED) is 0.381. The van der Waals surface area contributed by atoms with E-state index < -0.39 is 0 Å². The van der Waals surface area contributed by atoms with E-state index in [0.29, 0.717) is 21.3 Å². The fourth-order valence-electron chi connectivity index (χ4n) is 2.76. The number of carbonyl (C=O) groups is 1. The number of hydrogen-bond acceptors (Lipinski definition) is 3. The zero-order valence-electron chi connectivity index (χ0n) is 14.5. The molecule has 0 radical (unpaired) electrons. The van der Waals surface area contributed by atoms with Crippen molar-refractivity contribution >= 4 is 46.1 Å². The third kappa shape index (κ3) is 3.94. The lowest BCUT2D eigenvalue weighted by Crippen LogP contribution is -2.12. The Morgan fingerprint density at radius 1 is 0.893 bits per heavy atom. The van der Waals surface area contributed by atoms with Crippen LogP contribution in [-0.2, 0) is 0 Å². The molecule has 3 aromatic carbocycles. The highest BCUT2D eigenvalue weighted by atomic mass is 35.5. The van der Waals surface area contributed by atoms with Crippen molar-refractivity contribution in [2.45, 2.75) is 0 Å². The van der Waals surface area contributed by atoms with Crippen LogP contribution in [0.4, 0.5) is 5.69 Å². The molecule has 138 valence electrons. The van der Waals surface area contributed by atoms with E-state index in [4.69, 9.17) is 28.2 Å². The molecule has 0 aliphatic rings. The van der Waals surface area contributed by atoms with Gasteiger partial charge in [-0.05, 0) is 30.3 Å². The van der Waals surface area contributed by atoms with Gasteiger partial charge in [0.15, 0.2) is 0 Å². The molecule has 3 nitrogen and oxygen atoms in total. The van der Waals surface area contributed by atoms with E-state index in [1.807, 2.05) is 53.9 Å². The van der Waals surface area contributed by atoms with Crippen molar-refractivity contribution in [2.75, 3.05) is 5.32 Å². The Morgan fingerprint density at radius 3 is 2.43 bits per heavy atom. The number of rotatable bonds is 4. The number of hydrogen-bond donors (Lipinski definition) is 1. The van der Waals surface area contributed by atoms with Gasteiger partial charge in [0.25, 0.3) is 5.91 Å². The van der Waals surface area contributed by atoms with Crippen LogP contribution in [0, 0.1) is 0 Å². The Balaban J connectivity index is 1.59. The maximum Gasteiger partial charge on any atom is 0.257 e. The smallest absolute Gasteiger partial charge is 0.257 e. The highest BCUT2D eigenvalue weighted by Crippen LogP contribution is 2.33. The highest BCUT2D eigenvalue weighted by molar-refractivity contribution is 7.13. The molecule has 1 N–H and O–H groups in total. The Bertz CT molecular complexity index is 1160. The molecule has 0 saturated carbocycles. The third-order valence-electron chi connectivity index (χ3n) is 4.14. The summed E-state index contributed by atoms with van der Waals surface area (Å²) in [4.78, 5) is 17.2. The lowest BCUT2D eigenvalue weighted by atomic mass is 10.1. The van der Waals surface area contributed by atoms with Gasteiger partial charge in [0.05, 0.1) is 21.3 Å². The Morgan fingerprint density at radius 2 is 1.64 bits per heavy atom. The minimum atomic E-state index is -0.252. The minimum Gasteiger partial charge on any atom is -0.322 e. The molecule has 28 heavy (non-hydrogen) atoms. The van der Waals surface area contributed by atoms with E-state index in [2.05, 4.69) is 5.32 Å². The van der Waals surface area contributed by atoms with Crippen LogP contribution in [0.2, 0.25) is 10.0 Å². The van der Waals surface area contributed by atoms with Gasteiger partial charge in [-0.2, -0.15) is 0 Å². The van der Waals surface area contributed by atoms with E-state index in [0.717, 1.165) is 21.8 Å². The first-order valence-corrected chi connectivity index (χ1v) is 10.1. The van der Waals surface area contributed by atoms with Crippen molar-refractivity contribution in [3.05, 3.63) is 93.8 Å². The van der Waals surface area contributed by atoms with Crippen molar-refractivity contribution in [3.8, 4) is 21.8 Å². The van der Waals surface area contributed by atoms with Crippen LogP contribution in [0.15, 0.2) is 78.2 Å². The fraction of sp³-hybridized carbons (Fsp3) is 0. The number of nitrogens with one attached hydrogen (secondary N) is 1. The predicted molar refractivity (Wildman–Crippen MR) is 117 cm³/mol. The molecule has 6 heteroatoms. The summed E-state index contributed by atoms with van der Waals surface area (Å²) in [6.07, 6.45) is 0. The van der Waals surface area contributed by atoms with Crippen LogP contribution in [0.3, 0.4) is 0 Å². The Hall–Kier alpha value is -2.66. The van der Waals surface area contributed by atoms with Gasteiger partial charge in [-0.15, -0.1) is 11.3 Å². The van der Waals surface area contributed by atoms with Gasteiger partial charge in [0, 0.05) is 22.2 Å². The summed E-state index contributed by atoms with van der Waals surface area (Å²) in [5.74, 6) is -0.252. The number of nitrogens with zero attached hydrogens (tertiary/aromatic N) is 1. The fourth-order valence-corrected chi connectivity index (χ4v) is 4.14. The van der Waals surface area contributed by atoms with Crippen molar-refractivity contribution in [2.24, 2.45) is 0 Å². The molecule has 4 rings (SSSR count). The van der Waals surface area contributed by atoms with Crippen LogP contribution in [0.1, 0.15) is 10.4 Å². The van der Waals surface area contributed by atoms with Gasteiger partial charge in [-0.3, -0.25) is 4.79 Å². The summed E-state index contributed by atoms with van der Waals surface area (Å²) in [7, 11) is 0. The van der Waals surface area contributed by atoms with E-state index >= 15 is 0 Å². The average Bonchev–Trinajstić information content (AvgIpc) is 3.19. The van der Waals surface area contributed by atoms with Gasteiger partial charge < -0.3 is 5.32 Å². The van der Waals surface area contributed by atoms with Gasteiger partial charge in [-0.1, -0.05) is 65.7 Å². The molecular weight excluding hydrogens is 411 g/mol. The molecule has 0 saturated heterocycles. The summed E-state index contributed by atoms with van der Waals surface area (Å²) in [5, 5.41) is 6.81. The first-order chi connectivity index (χ1) is 13.6. The molecule has 0 bridgehead atoms. The zero-order chi connectivity index (χ0) is 19.5. The van der Waals surface area contributed by atoms with E-state index in [-0.39, 0.29) is 5.91 Å². The third-order valence-corrected chi connectivity index (χ3v) is 5.68. The van der Waals surface area contributed by atoms with E-state index in [9.17, 15) is 4.79 Å². The van der Waals surface area contributed by atoms with Crippen molar-refractivity contribution in [1.82, 2.24) is 4.98 Å². The molecule has 0 spiro atoms. The summed E-state index contributed by atoms with van der Waals surface area (Å²) >= 11 is 13.9. The molecular formula is C22H14Cl2N2OS. The standard InChI is InChI=1S/C22H14Cl2N2OS/c23-18-10-3-1-8-16(18)21(27)25-15-7-5-6-14(12-15)20-13-28-22(26-20)17-9-2-4-11-19(17)24/h1-13H,(H,25,27). The number of anilines is 1. The zero-order valence-corrected chi connectivity index (χ0v) is 16.9. The first-order valence-electron chi connectivity index (χ1n) is 8.48. The van der Waals surface area contributed by atoms with Crippen molar-refractivity contribution in [1.29, 1.82) is 0 Å². The first kappa shape index (κ1) is 18.7. The molecule has 0 fully saturated rings. The lowest BCUT2D eigenvalue weighted by molar-refractivity contribution is 0.102. The van der Waals surface area contributed by atoms with Crippen LogP contribution in [-0.4, -0.2) is 10.9 Å². The summed E-state index contributed by atoms with van der Waals surface area (Å²) in [5.41, 5.74) is 3.75. The summed E-state index contributed by atoms with van der Waals surface area (Å²) < 4.78 is 0. The second-order valence-corrected chi connectivity index (χ2v) is 7.71. The number of aromatic nitrogens is 1. The van der Waals surface area contributed by atoms with Gasteiger partial charge >= 0.3 is 0 Å². The topological polar surface area (TPSA) is 42.0 Å². The molecule has 1 amide bonds. The molecule has 0 unspecified atom stereocenters. The molecule has 0 aliphatic carbocycles. The average molecular weight is 425 g/mol. The largest absolute Gasteiger partial charge is 0.322 e. The van der Waals surface area contributed by atoms with Gasteiger partial charge in [0.1, 0.15) is 5.01 Å². The highest BCUT2D eigenvalue weighted by Gasteiger charge is 2.12. The molecule has 1 heterocycles. The summed E-state index contributed by atoms with van der Waals surface area (Å²) in [6, 6.07) is 22.1. The number of carbonyl (C=O) groups excluding carboxylic acids is 1. The Kier molecular flexibility index (Phi) is 5.44. The maximum absolute atomic E-state index is 12.5. The lowest BCUT2D eigenvalue weighted by Gasteiger charge is -2.08.